The lowest BCUT2D eigenvalue weighted by molar-refractivity contribution is -0.118. The molecule has 2 heterocycles. The first-order valence-corrected chi connectivity index (χ1v) is 12.8. The number of Topliss-reactive ketones (excluding diaryl/α,β-unsaturated/α-hetero) is 1. The van der Waals surface area contributed by atoms with Gasteiger partial charge in [0.05, 0.1) is 12.7 Å². The summed E-state index contributed by atoms with van der Waals surface area (Å²) in [5.41, 5.74) is 3.29. The molecule has 0 saturated carbocycles. The Hall–Kier alpha value is -3.03. The molecule has 2 aliphatic rings. The molecule has 180 valence electrons. The molecule has 0 bridgehead atoms. The molecule has 0 spiro atoms. The van der Waals surface area contributed by atoms with Crippen molar-refractivity contribution in [3.63, 3.8) is 0 Å². The van der Waals surface area contributed by atoms with Gasteiger partial charge in [0.15, 0.2) is 10.9 Å². The maximum atomic E-state index is 13.5. The quantitative estimate of drug-likeness (QED) is 0.329. The normalized spacial score (nSPS) is 18.5. The number of carbonyl (C=O) groups is 1. The summed E-state index contributed by atoms with van der Waals surface area (Å²) in [6, 6.07) is 15.2. The predicted molar refractivity (Wildman–Crippen MR) is 139 cm³/mol. The minimum Gasteiger partial charge on any atom is -0.497 e. The summed E-state index contributed by atoms with van der Waals surface area (Å²) in [7, 11) is 1.60. The van der Waals surface area contributed by atoms with Crippen molar-refractivity contribution in [2.75, 3.05) is 12.4 Å². The van der Waals surface area contributed by atoms with Crippen LogP contribution in [0.2, 0.25) is 5.02 Å². The highest BCUT2D eigenvalue weighted by Crippen LogP contribution is 2.48. The lowest BCUT2D eigenvalue weighted by Crippen LogP contribution is -2.37. The van der Waals surface area contributed by atoms with Crippen LogP contribution in [0, 0.1) is 5.41 Å². The molecule has 1 aliphatic carbocycles. The van der Waals surface area contributed by atoms with E-state index in [0.29, 0.717) is 51.5 Å². The van der Waals surface area contributed by atoms with Crippen LogP contribution in [0.5, 0.6) is 5.75 Å². The van der Waals surface area contributed by atoms with E-state index in [-0.39, 0.29) is 16.8 Å². The highest BCUT2D eigenvalue weighted by molar-refractivity contribution is 7.98. The maximum Gasteiger partial charge on any atom is 0.257 e. The number of hydrogen-bond acceptors (Lipinski definition) is 6. The third-order valence-corrected chi connectivity index (χ3v) is 7.74. The number of aromatic nitrogens is 2. The molecule has 0 amide bonds. The van der Waals surface area contributed by atoms with Gasteiger partial charge in [0.2, 0.25) is 0 Å². The number of hydrogen-bond donors (Lipinski definition) is 2. The van der Waals surface area contributed by atoms with Crippen molar-refractivity contribution in [2.24, 2.45) is 5.41 Å². The molecule has 2 aromatic carbocycles. The van der Waals surface area contributed by atoms with Gasteiger partial charge < -0.3 is 15.0 Å². The number of rotatable bonds is 5. The van der Waals surface area contributed by atoms with E-state index in [2.05, 4.69) is 24.1 Å². The number of thioether (sulfide) groups is 1. The third kappa shape index (κ3) is 4.62. The van der Waals surface area contributed by atoms with Gasteiger partial charge in [-0.15, -0.1) is 0 Å². The Bertz CT molecular complexity index is 1410. The molecule has 1 atom stereocenters. The number of nitrogens with one attached hydrogen (secondary N) is 2. The molecule has 0 saturated heterocycles. The van der Waals surface area contributed by atoms with Crippen molar-refractivity contribution in [3.8, 4) is 5.75 Å². The van der Waals surface area contributed by atoms with Gasteiger partial charge in [0.1, 0.15) is 11.6 Å². The standard InChI is InChI=1S/C27H26ClN3O3S/c1-27(2)12-19-22(20(32)13-27)21(15-8-6-9-17(11-15)34-3)23-24(29-19)30-26(31-25(23)33)35-14-16-7-4-5-10-18(16)28/h4-11,21H,12-14H2,1-3H3,(H2,29,30,31,33). The van der Waals surface area contributed by atoms with Crippen molar-refractivity contribution in [1.82, 2.24) is 9.97 Å². The molecule has 8 heteroatoms. The zero-order valence-electron chi connectivity index (χ0n) is 19.8. The lowest BCUT2D eigenvalue weighted by Gasteiger charge is -2.38. The fourth-order valence-corrected chi connectivity index (χ4v) is 6.02. The summed E-state index contributed by atoms with van der Waals surface area (Å²) in [6.07, 6.45) is 1.13. The van der Waals surface area contributed by atoms with E-state index < -0.39 is 5.92 Å². The van der Waals surface area contributed by atoms with Crippen LogP contribution in [0.4, 0.5) is 5.82 Å². The third-order valence-electron chi connectivity index (χ3n) is 6.45. The lowest BCUT2D eigenvalue weighted by atomic mass is 9.69. The van der Waals surface area contributed by atoms with Crippen LogP contribution in [-0.2, 0) is 10.5 Å². The second-order valence-electron chi connectivity index (χ2n) is 9.68. The van der Waals surface area contributed by atoms with Gasteiger partial charge in [-0.25, -0.2) is 4.98 Å². The fraction of sp³-hybridized carbons (Fsp3) is 0.296. The van der Waals surface area contributed by atoms with Crippen molar-refractivity contribution >= 4 is 35.0 Å². The summed E-state index contributed by atoms with van der Waals surface area (Å²) >= 11 is 7.71. The maximum absolute atomic E-state index is 13.5. The number of halogens is 1. The first-order chi connectivity index (χ1) is 16.8. The summed E-state index contributed by atoms with van der Waals surface area (Å²) in [6.45, 7) is 4.17. The smallest absolute Gasteiger partial charge is 0.257 e. The molecular formula is C27H26ClN3O3S. The van der Waals surface area contributed by atoms with E-state index in [1.165, 1.54) is 11.8 Å². The average Bonchev–Trinajstić information content (AvgIpc) is 2.81. The van der Waals surface area contributed by atoms with Crippen molar-refractivity contribution in [2.45, 2.75) is 43.5 Å². The number of benzene rings is 2. The molecule has 0 radical (unpaired) electrons. The van der Waals surface area contributed by atoms with Gasteiger partial charge in [-0.1, -0.05) is 67.5 Å². The van der Waals surface area contributed by atoms with Gasteiger partial charge in [0, 0.05) is 34.4 Å². The van der Waals surface area contributed by atoms with E-state index in [4.69, 9.17) is 21.3 Å². The number of nitrogens with zero attached hydrogens (tertiary/aromatic N) is 1. The van der Waals surface area contributed by atoms with Gasteiger partial charge in [-0.3, -0.25) is 9.59 Å². The Morgan fingerprint density at radius 3 is 2.71 bits per heavy atom. The number of ketones is 1. The highest BCUT2D eigenvalue weighted by atomic mass is 35.5. The van der Waals surface area contributed by atoms with Gasteiger partial charge >= 0.3 is 0 Å². The molecule has 5 rings (SSSR count). The van der Waals surface area contributed by atoms with Gasteiger partial charge in [-0.2, -0.15) is 0 Å². The Kier molecular flexibility index (Phi) is 6.23. The summed E-state index contributed by atoms with van der Waals surface area (Å²) in [4.78, 5) is 34.6. The number of aromatic amines is 1. The molecule has 1 unspecified atom stereocenters. The molecule has 2 N–H and O–H groups in total. The Labute approximate surface area is 213 Å². The number of methoxy groups -OCH3 is 1. The van der Waals surface area contributed by atoms with E-state index in [1.54, 1.807) is 7.11 Å². The average molecular weight is 508 g/mol. The van der Waals surface area contributed by atoms with Crippen LogP contribution in [0.25, 0.3) is 0 Å². The molecule has 0 fully saturated rings. The molecule has 3 aromatic rings. The van der Waals surface area contributed by atoms with E-state index in [9.17, 15) is 9.59 Å². The first kappa shape index (κ1) is 23.7. The molecule has 35 heavy (non-hydrogen) atoms. The number of anilines is 1. The van der Waals surface area contributed by atoms with Crippen LogP contribution < -0.4 is 15.6 Å². The molecular weight excluding hydrogens is 482 g/mol. The van der Waals surface area contributed by atoms with Crippen LogP contribution in [0.15, 0.2) is 69.8 Å². The monoisotopic (exact) mass is 507 g/mol. The topological polar surface area (TPSA) is 84.1 Å². The summed E-state index contributed by atoms with van der Waals surface area (Å²) < 4.78 is 5.43. The second-order valence-corrected chi connectivity index (χ2v) is 11.1. The van der Waals surface area contributed by atoms with E-state index in [0.717, 1.165) is 16.8 Å². The SMILES string of the molecule is COc1cccc(C2C3=C(CC(C)(C)CC3=O)Nc3nc(SCc4ccccc4Cl)[nH]c(=O)c32)c1. The van der Waals surface area contributed by atoms with Gasteiger partial charge in [-0.05, 0) is 41.2 Å². The van der Waals surface area contributed by atoms with Crippen LogP contribution in [0.3, 0.4) is 0 Å². The minimum absolute atomic E-state index is 0.0544. The molecule has 1 aliphatic heterocycles. The second kappa shape index (κ2) is 9.21. The summed E-state index contributed by atoms with van der Waals surface area (Å²) in [5, 5.41) is 4.53. The number of ether oxygens (including phenoxy) is 1. The zero-order valence-corrected chi connectivity index (χ0v) is 21.3. The van der Waals surface area contributed by atoms with Crippen molar-refractivity contribution in [1.29, 1.82) is 0 Å². The Morgan fingerprint density at radius 1 is 1.14 bits per heavy atom. The van der Waals surface area contributed by atoms with E-state index in [1.807, 2.05) is 48.5 Å². The number of carbonyl (C=O) groups excluding carboxylic acids is 1. The first-order valence-electron chi connectivity index (χ1n) is 11.4. The van der Waals surface area contributed by atoms with Crippen molar-refractivity contribution in [3.05, 3.63) is 91.9 Å². The van der Waals surface area contributed by atoms with Gasteiger partial charge in [0.25, 0.3) is 5.56 Å². The zero-order chi connectivity index (χ0) is 24.7. The predicted octanol–water partition coefficient (Wildman–Crippen LogP) is 5.92. The fourth-order valence-electron chi connectivity index (χ4n) is 4.88. The number of fused-ring (bicyclic) bond motifs is 1. The number of allylic oxidation sites excluding steroid dienone is 2. The Balaban J connectivity index is 1.60. The Morgan fingerprint density at radius 2 is 1.94 bits per heavy atom. The van der Waals surface area contributed by atoms with E-state index >= 15 is 0 Å². The van der Waals surface area contributed by atoms with Crippen molar-refractivity contribution < 1.29 is 9.53 Å². The van der Waals surface area contributed by atoms with Crippen LogP contribution in [0.1, 0.15) is 49.3 Å². The van der Waals surface area contributed by atoms with Crippen LogP contribution >= 0.6 is 23.4 Å². The summed E-state index contributed by atoms with van der Waals surface area (Å²) in [5.74, 6) is 1.27. The largest absolute Gasteiger partial charge is 0.497 e. The van der Waals surface area contributed by atoms with Crippen LogP contribution in [-0.4, -0.2) is 22.9 Å². The minimum atomic E-state index is -0.515. The number of H-pyrrole nitrogens is 1. The molecule has 1 aromatic heterocycles. The molecule has 6 nitrogen and oxygen atoms in total. The highest BCUT2D eigenvalue weighted by Gasteiger charge is 2.42.